The van der Waals surface area contributed by atoms with E-state index in [4.69, 9.17) is 4.74 Å². The average molecular weight is 1010 g/mol. The first-order valence-electron chi connectivity index (χ1n) is 13.0. The highest BCUT2D eigenvalue weighted by atomic mass is 127. The fourth-order valence-corrected chi connectivity index (χ4v) is 17.9. The van der Waals surface area contributed by atoms with E-state index in [2.05, 4.69) is 141 Å². The SMILES string of the molecule is CC1=C(CCC(C)CI)OC2CC3(I)C4CCC5(I)CC(I)CCC5(C)C4(I)CCC3(C)C12. The minimum Gasteiger partial charge on any atom is -0.494 e. The molecule has 5 aliphatic rings. The molecule has 0 spiro atoms. The number of fused-ring (bicyclic) bond motifs is 7. The van der Waals surface area contributed by atoms with E-state index < -0.39 is 0 Å². The largest absolute Gasteiger partial charge is 0.494 e. The van der Waals surface area contributed by atoms with E-state index in [-0.39, 0.29) is 0 Å². The molecule has 188 valence electrons. The van der Waals surface area contributed by atoms with E-state index in [1.54, 1.807) is 5.57 Å². The van der Waals surface area contributed by atoms with Crippen molar-refractivity contribution in [3.8, 4) is 0 Å². The highest BCUT2D eigenvalue weighted by molar-refractivity contribution is 14.1. The fraction of sp³-hybridized carbons (Fsp3) is 0.926. The predicted octanol–water partition coefficient (Wildman–Crippen LogP) is 10.3. The first kappa shape index (κ1) is 27.7. The number of rotatable bonds is 4. The van der Waals surface area contributed by atoms with Crippen molar-refractivity contribution >= 4 is 113 Å². The summed E-state index contributed by atoms with van der Waals surface area (Å²) in [6.45, 7) is 10.2. The van der Waals surface area contributed by atoms with Crippen LogP contribution in [0.3, 0.4) is 0 Å². The lowest BCUT2D eigenvalue weighted by Crippen LogP contribution is -2.70. The molecule has 10 atom stereocenters. The molecule has 0 N–H and O–H groups in total. The third kappa shape index (κ3) is 3.86. The van der Waals surface area contributed by atoms with Gasteiger partial charge in [-0.1, -0.05) is 134 Å². The van der Waals surface area contributed by atoms with Gasteiger partial charge in [-0.15, -0.1) is 0 Å². The zero-order valence-corrected chi connectivity index (χ0v) is 31.3. The van der Waals surface area contributed by atoms with Gasteiger partial charge in [0.15, 0.2) is 0 Å². The van der Waals surface area contributed by atoms with Gasteiger partial charge >= 0.3 is 0 Å². The Kier molecular flexibility index (Phi) is 7.89. The summed E-state index contributed by atoms with van der Waals surface area (Å²) in [5, 5.41) is 0. The number of ether oxygens (including phenoxy) is 1. The number of alkyl halides is 5. The summed E-state index contributed by atoms with van der Waals surface area (Å²) >= 11 is 14.3. The van der Waals surface area contributed by atoms with Crippen LogP contribution in [0.4, 0.5) is 0 Å². The average Bonchev–Trinajstić information content (AvgIpc) is 3.18. The zero-order chi connectivity index (χ0) is 24.0. The van der Waals surface area contributed by atoms with Crippen LogP contribution >= 0.6 is 113 Å². The summed E-state index contributed by atoms with van der Waals surface area (Å²) in [4.78, 5) is 0. The summed E-state index contributed by atoms with van der Waals surface area (Å²) in [7, 11) is 0. The van der Waals surface area contributed by atoms with Gasteiger partial charge in [-0.25, -0.2) is 0 Å². The molecule has 0 aromatic rings. The molecule has 5 rings (SSSR count). The lowest BCUT2D eigenvalue weighted by molar-refractivity contribution is -0.0385. The Morgan fingerprint density at radius 1 is 1.00 bits per heavy atom. The molecule has 0 bridgehead atoms. The molecule has 33 heavy (non-hydrogen) atoms. The maximum absolute atomic E-state index is 6.86. The van der Waals surface area contributed by atoms with Gasteiger partial charge in [-0.05, 0) is 86.5 Å². The smallest absolute Gasteiger partial charge is 0.107 e. The van der Waals surface area contributed by atoms with Crippen LogP contribution in [0.25, 0.3) is 0 Å². The van der Waals surface area contributed by atoms with E-state index in [1.165, 1.54) is 68.0 Å². The monoisotopic (exact) mass is 1010 g/mol. The van der Waals surface area contributed by atoms with Crippen molar-refractivity contribution in [3.63, 3.8) is 0 Å². The number of allylic oxidation sites excluding steroid dienone is 1. The van der Waals surface area contributed by atoms with Gasteiger partial charge in [-0.3, -0.25) is 0 Å². The van der Waals surface area contributed by atoms with Crippen LogP contribution in [0.15, 0.2) is 11.3 Å². The van der Waals surface area contributed by atoms with Crippen LogP contribution in [-0.2, 0) is 4.74 Å². The van der Waals surface area contributed by atoms with Gasteiger partial charge in [0.1, 0.15) is 6.10 Å². The van der Waals surface area contributed by atoms with Crippen LogP contribution in [0.1, 0.15) is 91.9 Å². The minimum absolute atomic E-state index is 0.365. The molecule has 1 nitrogen and oxygen atoms in total. The van der Waals surface area contributed by atoms with Crippen LogP contribution in [0.5, 0.6) is 0 Å². The zero-order valence-electron chi connectivity index (χ0n) is 20.5. The highest BCUT2D eigenvalue weighted by Gasteiger charge is 2.76. The summed E-state index contributed by atoms with van der Waals surface area (Å²) in [6, 6.07) is 0. The molecule has 0 radical (unpaired) electrons. The van der Waals surface area contributed by atoms with Gasteiger partial charge in [0.05, 0.1) is 5.76 Å². The number of hydrogen-bond donors (Lipinski definition) is 0. The first-order chi connectivity index (χ1) is 15.4. The molecule has 4 saturated carbocycles. The highest BCUT2D eigenvalue weighted by Crippen LogP contribution is 2.78. The van der Waals surface area contributed by atoms with Gasteiger partial charge in [0, 0.05) is 37.4 Å². The molecule has 10 unspecified atom stereocenters. The standard InChI is InChI=1S/C27H39I5O/c1-16(15-28)5-6-19-17(2)22-20(33-19)14-27(32)21-8-10-25(30)13-18(29)7-9-24(25,4)26(21,31)12-11-23(22,27)3/h16,18,20-22H,5-15H2,1-4H3. The minimum atomic E-state index is 0.365. The molecule has 0 aromatic carbocycles. The van der Waals surface area contributed by atoms with Crippen molar-refractivity contribution in [3.05, 3.63) is 11.3 Å². The van der Waals surface area contributed by atoms with Gasteiger partial charge in [0.25, 0.3) is 0 Å². The van der Waals surface area contributed by atoms with E-state index >= 15 is 0 Å². The van der Waals surface area contributed by atoms with Crippen LogP contribution < -0.4 is 0 Å². The van der Waals surface area contributed by atoms with Crippen molar-refractivity contribution in [2.24, 2.45) is 28.6 Å². The third-order valence-corrected chi connectivity index (χ3v) is 20.8. The lowest BCUT2D eigenvalue weighted by Gasteiger charge is -2.70. The normalized spacial score (nSPS) is 54.2. The molecular formula is C27H39I5O. The summed E-state index contributed by atoms with van der Waals surface area (Å²) in [6.07, 6.45) is 14.0. The van der Waals surface area contributed by atoms with Crippen LogP contribution in [-0.4, -0.2) is 24.7 Å². The first-order valence-corrected chi connectivity index (χ1v) is 19.0. The molecule has 1 aliphatic heterocycles. The van der Waals surface area contributed by atoms with Gasteiger partial charge in [0.2, 0.25) is 0 Å². The Morgan fingerprint density at radius 2 is 1.73 bits per heavy atom. The van der Waals surface area contributed by atoms with Crippen molar-refractivity contribution in [1.29, 1.82) is 0 Å². The van der Waals surface area contributed by atoms with Crippen molar-refractivity contribution in [1.82, 2.24) is 0 Å². The number of halogens is 5. The van der Waals surface area contributed by atoms with E-state index in [0.29, 0.717) is 33.1 Å². The molecule has 0 amide bonds. The molecule has 4 aliphatic carbocycles. The van der Waals surface area contributed by atoms with E-state index in [1.807, 2.05) is 0 Å². The van der Waals surface area contributed by atoms with Gasteiger partial charge < -0.3 is 4.74 Å². The Morgan fingerprint density at radius 3 is 2.42 bits per heavy atom. The maximum Gasteiger partial charge on any atom is 0.107 e. The maximum atomic E-state index is 6.86. The summed E-state index contributed by atoms with van der Waals surface area (Å²) < 4.78 is 10.3. The summed E-state index contributed by atoms with van der Waals surface area (Å²) in [5.74, 6) is 3.62. The molecular weight excluding hydrogens is 975 g/mol. The third-order valence-electron chi connectivity index (χ3n) is 11.2. The second kappa shape index (κ2) is 9.39. The molecule has 4 fully saturated rings. The topological polar surface area (TPSA) is 9.23 Å². The second-order valence-corrected chi connectivity index (χ2v) is 21.2. The van der Waals surface area contributed by atoms with E-state index in [0.717, 1.165) is 22.2 Å². The fourth-order valence-electron chi connectivity index (χ4n) is 9.02. The molecule has 0 aromatic heterocycles. The molecule has 1 heterocycles. The lowest BCUT2D eigenvalue weighted by atomic mass is 9.44. The second-order valence-electron chi connectivity index (χ2n) is 12.6. The molecule has 6 heteroatoms. The van der Waals surface area contributed by atoms with Crippen LogP contribution in [0.2, 0.25) is 0 Å². The van der Waals surface area contributed by atoms with Crippen LogP contribution in [0, 0.1) is 28.6 Å². The quantitative estimate of drug-likeness (QED) is 0.202. The number of hydrogen-bond acceptors (Lipinski definition) is 1. The van der Waals surface area contributed by atoms with Gasteiger partial charge in [-0.2, -0.15) is 0 Å². The van der Waals surface area contributed by atoms with Crippen molar-refractivity contribution in [2.45, 2.75) is 112 Å². The Labute approximate surface area is 270 Å². The Balaban J connectivity index is 1.47. The Hall–Kier alpha value is 3.19. The van der Waals surface area contributed by atoms with Crippen molar-refractivity contribution < 1.29 is 4.74 Å². The summed E-state index contributed by atoms with van der Waals surface area (Å²) in [5.41, 5.74) is 2.45. The van der Waals surface area contributed by atoms with E-state index in [9.17, 15) is 0 Å². The van der Waals surface area contributed by atoms with Crippen molar-refractivity contribution in [2.75, 3.05) is 4.43 Å². The Bertz CT molecular complexity index is 846. The molecule has 0 saturated heterocycles. The predicted molar refractivity (Wildman–Crippen MR) is 183 cm³/mol.